The van der Waals surface area contributed by atoms with E-state index in [1.807, 2.05) is 12.1 Å². The summed E-state index contributed by atoms with van der Waals surface area (Å²) in [5.74, 6) is -2.24. The summed E-state index contributed by atoms with van der Waals surface area (Å²) in [4.78, 5) is 12.7. The highest BCUT2D eigenvalue weighted by Gasteiger charge is 2.30. The molecule has 0 bridgehead atoms. The van der Waals surface area contributed by atoms with E-state index >= 15 is 0 Å². The van der Waals surface area contributed by atoms with E-state index < -0.39 is 17.6 Å². The molecule has 0 spiro atoms. The second-order valence-corrected chi connectivity index (χ2v) is 10.8. The van der Waals surface area contributed by atoms with Crippen molar-refractivity contribution in [3.63, 3.8) is 0 Å². The van der Waals surface area contributed by atoms with Crippen LogP contribution in [0, 0.1) is 23.4 Å². The van der Waals surface area contributed by atoms with E-state index in [0.717, 1.165) is 62.5 Å². The fraction of sp³-hybridized carbons (Fsp3) is 0.581. The molecule has 4 rings (SSSR count). The fourth-order valence-electron chi connectivity index (χ4n) is 6.06. The van der Waals surface area contributed by atoms with Crippen molar-refractivity contribution in [1.29, 1.82) is 0 Å². The quantitative estimate of drug-likeness (QED) is 0.338. The Labute approximate surface area is 213 Å². The molecule has 0 saturated heterocycles. The minimum atomic E-state index is -1.10. The summed E-state index contributed by atoms with van der Waals surface area (Å²) in [6.07, 6.45) is 10.1. The van der Waals surface area contributed by atoms with E-state index in [2.05, 4.69) is 13.8 Å². The van der Waals surface area contributed by atoms with Gasteiger partial charge in [0.1, 0.15) is 11.9 Å². The zero-order valence-electron chi connectivity index (χ0n) is 21.6. The highest BCUT2D eigenvalue weighted by Crippen LogP contribution is 2.39. The smallest absolute Gasteiger partial charge is 0.341 e. The number of halogens is 3. The molecule has 2 saturated carbocycles. The molecule has 2 nitrogen and oxygen atoms in total. The van der Waals surface area contributed by atoms with Crippen LogP contribution in [0.4, 0.5) is 13.2 Å². The first kappa shape index (κ1) is 26.8. The van der Waals surface area contributed by atoms with Crippen LogP contribution in [0.2, 0.25) is 0 Å². The largest absolute Gasteiger partial charge is 0.459 e. The van der Waals surface area contributed by atoms with E-state index in [1.165, 1.54) is 6.07 Å². The van der Waals surface area contributed by atoms with Crippen LogP contribution in [0.5, 0.6) is 0 Å². The second-order valence-electron chi connectivity index (χ2n) is 10.8. The third-order valence-electron chi connectivity index (χ3n) is 8.47. The van der Waals surface area contributed by atoms with Crippen molar-refractivity contribution in [2.45, 2.75) is 109 Å². The highest BCUT2D eigenvalue weighted by molar-refractivity contribution is 5.90. The molecule has 0 aromatic heterocycles. The molecule has 0 radical (unpaired) electrons. The van der Waals surface area contributed by atoms with Crippen LogP contribution < -0.4 is 0 Å². The van der Waals surface area contributed by atoms with Crippen LogP contribution in [-0.2, 0) is 11.2 Å². The highest BCUT2D eigenvalue weighted by atomic mass is 19.2. The first-order valence-electron chi connectivity index (χ1n) is 13.9. The molecular weight excluding hydrogens is 461 g/mol. The lowest BCUT2D eigenvalue weighted by atomic mass is 9.77. The van der Waals surface area contributed by atoms with Gasteiger partial charge in [-0.25, -0.2) is 18.0 Å². The number of hydrogen-bond donors (Lipinski definition) is 0. The van der Waals surface area contributed by atoms with E-state index in [9.17, 15) is 18.0 Å². The summed E-state index contributed by atoms with van der Waals surface area (Å²) in [6.45, 7) is 4.29. The molecule has 0 unspecified atom stereocenters. The first-order chi connectivity index (χ1) is 17.4. The topological polar surface area (TPSA) is 26.3 Å². The van der Waals surface area contributed by atoms with Crippen molar-refractivity contribution >= 4 is 5.97 Å². The normalized spacial score (nSPS) is 24.5. The van der Waals surface area contributed by atoms with Crippen LogP contribution in [0.3, 0.4) is 0 Å². The standard InChI is InChI=1S/C31H39F3O2/c1-3-5-6-21-9-16-25(28(32)19-21)22-12-14-24(15-13-22)36-31(35)27-18-17-26(29(33)30(27)34)23-10-7-20(4-2)8-11-23/h9,16-20,22-24H,3-8,10-15H2,1-2H3. The molecule has 0 heterocycles. The third-order valence-corrected chi connectivity index (χ3v) is 8.47. The van der Waals surface area contributed by atoms with Gasteiger partial charge in [0.05, 0.1) is 5.56 Å². The number of benzene rings is 2. The van der Waals surface area contributed by atoms with Crippen LogP contribution in [0.15, 0.2) is 30.3 Å². The third kappa shape index (κ3) is 6.15. The maximum absolute atomic E-state index is 14.9. The van der Waals surface area contributed by atoms with Crippen molar-refractivity contribution in [2.75, 3.05) is 0 Å². The van der Waals surface area contributed by atoms with Gasteiger partial charge in [-0.1, -0.05) is 44.9 Å². The SMILES string of the molecule is CCCCc1ccc(C2CCC(OC(=O)c3ccc(C4CCC(CC)CC4)c(F)c3F)CC2)c(F)c1. The van der Waals surface area contributed by atoms with Crippen LogP contribution in [-0.4, -0.2) is 12.1 Å². The fourth-order valence-corrected chi connectivity index (χ4v) is 6.06. The zero-order chi connectivity index (χ0) is 25.7. The molecular formula is C31H39F3O2. The van der Waals surface area contributed by atoms with E-state index in [4.69, 9.17) is 4.74 Å². The molecule has 2 aliphatic carbocycles. The lowest BCUT2D eigenvalue weighted by Crippen LogP contribution is -2.25. The molecule has 196 valence electrons. The maximum atomic E-state index is 14.9. The Kier molecular flexibility index (Phi) is 9.14. The van der Waals surface area contributed by atoms with Gasteiger partial charge < -0.3 is 4.74 Å². The van der Waals surface area contributed by atoms with Gasteiger partial charge in [-0.15, -0.1) is 0 Å². The Morgan fingerprint density at radius 2 is 1.47 bits per heavy atom. The Morgan fingerprint density at radius 1 is 0.833 bits per heavy atom. The Balaban J connectivity index is 1.33. The van der Waals surface area contributed by atoms with Crippen molar-refractivity contribution in [2.24, 2.45) is 5.92 Å². The number of carbonyl (C=O) groups excluding carboxylic acids is 1. The van der Waals surface area contributed by atoms with Gasteiger partial charge in [-0.3, -0.25) is 0 Å². The molecule has 2 aromatic carbocycles. The van der Waals surface area contributed by atoms with Crippen LogP contribution in [0.1, 0.15) is 123 Å². The number of unbranched alkanes of at least 4 members (excludes halogenated alkanes) is 1. The first-order valence-corrected chi connectivity index (χ1v) is 13.9. The molecule has 0 N–H and O–H groups in total. The zero-order valence-corrected chi connectivity index (χ0v) is 21.6. The minimum absolute atomic E-state index is 0.00348. The summed E-state index contributed by atoms with van der Waals surface area (Å²) in [5.41, 5.74) is 1.78. The van der Waals surface area contributed by atoms with Gasteiger partial charge in [0, 0.05) is 0 Å². The van der Waals surface area contributed by atoms with E-state index in [-0.39, 0.29) is 29.3 Å². The van der Waals surface area contributed by atoms with Crippen molar-refractivity contribution < 1.29 is 22.7 Å². The molecule has 2 aromatic rings. The summed E-state index contributed by atoms with van der Waals surface area (Å²) in [5, 5.41) is 0. The van der Waals surface area contributed by atoms with Gasteiger partial charge in [-0.05, 0) is 111 Å². The summed E-state index contributed by atoms with van der Waals surface area (Å²) in [7, 11) is 0. The molecule has 2 aliphatic rings. The predicted molar refractivity (Wildman–Crippen MR) is 137 cm³/mol. The molecule has 0 aliphatic heterocycles. The van der Waals surface area contributed by atoms with Crippen LogP contribution in [0.25, 0.3) is 0 Å². The number of aryl methyl sites for hydroxylation is 1. The Hall–Kier alpha value is -2.30. The molecule has 0 atom stereocenters. The Morgan fingerprint density at radius 3 is 2.11 bits per heavy atom. The minimum Gasteiger partial charge on any atom is -0.459 e. The summed E-state index contributed by atoms with van der Waals surface area (Å²) >= 11 is 0. The molecule has 5 heteroatoms. The summed E-state index contributed by atoms with van der Waals surface area (Å²) in [6, 6.07) is 8.49. The number of ether oxygens (including phenoxy) is 1. The average Bonchev–Trinajstić information content (AvgIpc) is 2.89. The van der Waals surface area contributed by atoms with Gasteiger partial charge in [-0.2, -0.15) is 0 Å². The van der Waals surface area contributed by atoms with Gasteiger partial charge in [0.15, 0.2) is 11.6 Å². The number of rotatable bonds is 8. The number of carbonyl (C=O) groups is 1. The number of hydrogen-bond acceptors (Lipinski definition) is 2. The van der Waals surface area contributed by atoms with Gasteiger partial charge in [0.2, 0.25) is 0 Å². The van der Waals surface area contributed by atoms with Crippen LogP contribution >= 0.6 is 0 Å². The van der Waals surface area contributed by atoms with E-state index in [1.54, 1.807) is 12.1 Å². The average molecular weight is 501 g/mol. The summed E-state index contributed by atoms with van der Waals surface area (Å²) < 4.78 is 50.1. The van der Waals surface area contributed by atoms with Gasteiger partial charge in [0.25, 0.3) is 0 Å². The maximum Gasteiger partial charge on any atom is 0.341 e. The number of esters is 1. The Bertz CT molecular complexity index is 1030. The van der Waals surface area contributed by atoms with Gasteiger partial charge >= 0.3 is 5.97 Å². The molecule has 36 heavy (non-hydrogen) atoms. The molecule has 0 amide bonds. The van der Waals surface area contributed by atoms with Crippen molar-refractivity contribution in [1.82, 2.24) is 0 Å². The molecule has 2 fully saturated rings. The second kappa shape index (κ2) is 12.3. The predicted octanol–water partition coefficient (Wildman–Crippen LogP) is 9.01. The monoisotopic (exact) mass is 500 g/mol. The lowest BCUT2D eigenvalue weighted by molar-refractivity contribution is 0.0188. The van der Waals surface area contributed by atoms with Crippen molar-refractivity contribution in [3.05, 3.63) is 70.0 Å². The van der Waals surface area contributed by atoms with E-state index in [0.29, 0.717) is 37.2 Å². The lowest BCUT2D eigenvalue weighted by Gasteiger charge is -2.29. The van der Waals surface area contributed by atoms with Crippen molar-refractivity contribution in [3.8, 4) is 0 Å².